The molecule has 1 fully saturated rings. The Kier molecular flexibility index (Phi) is 5.77. The molecule has 0 aliphatic heterocycles. The molecule has 6 heteroatoms. The first-order valence-corrected chi connectivity index (χ1v) is 5.94. The Morgan fingerprint density at radius 2 is 2.19 bits per heavy atom. The van der Waals surface area contributed by atoms with Gasteiger partial charge in [-0.3, -0.25) is 5.41 Å². The fourth-order valence-electron chi connectivity index (χ4n) is 1.10. The van der Waals surface area contributed by atoms with Crippen LogP contribution in [0.4, 0.5) is 0 Å². The molecule has 4 N–H and O–H groups in total. The maximum absolute atomic E-state index is 7.23. The highest BCUT2D eigenvalue weighted by Crippen LogP contribution is 2.27. The zero-order valence-electron chi connectivity index (χ0n) is 8.96. The number of aliphatic imine (C=N–C) groups is 1. The summed E-state index contributed by atoms with van der Waals surface area (Å²) >= 11 is 3.16. The number of rotatable bonds is 7. The summed E-state index contributed by atoms with van der Waals surface area (Å²) < 4.78 is 0.498. The minimum atomic E-state index is 0.498. The molecule has 88 valence electrons. The van der Waals surface area contributed by atoms with Gasteiger partial charge in [0.05, 0.1) is 0 Å². The Morgan fingerprint density at radius 3 is 2.75 bits per heavy atom. The van der Waals surface area contributed by atoms with Crippen molar-refractivity contribution >= 4 is 33.2 Å². The number of hydrogen-bond donors (Lipinski definition) is 4. The number of nitrogens with one attached hydrogen (secondary N) is 4. The van der Waals surface area contributed by atoms with Crippen molar-refractivity contribution in [3.05, 3.63) is 11.8 Å². The summed E-state index contributed by atoms with van der Waals surface area (Å²) in [6.07, 6.45) is 6.74. The van der Waals surface area contributed by atoms with Crippen LogP contribution in [0.2, 0.25) is 0 Å². The van der Waals surface area contributed by atoms with Crippen LogP contribution in [0.3, 0.4) is 0 Å². The van der Waals surface area contributed by atoms with E-state index in [4.69, 9.17) is 10.8 Å². The molecule has 0 unspecified atom stereocenters. The second-order valence-corrected chi connectivity index (χ2v) is 4.37. The van der Waals surface area contributed by atoms with Gasteiger partial charge in [0.25, 0.3) is 0 Å². The lowest BCUT2D eigenvalue weighted by molar-refractivity contribution is 0.743. The van der Waals surface area contributed by atoms with Crippen LogP contribution < -0.4 is 10.6 Å². The van der Waals surface area contributed by atoms with Crippen molar-refractivity contribution in [1.82, 2.24) is 10.6 Å². The lowest BCUT2D eigenvalue weighted by Gasteiger charge is -2.05. The molecule has 1 aliphatic rings. The van der Waals surface area contributed by atoms with Crippen LogP contribution in [0.25, 0.3) is 0 Å². The minimum Gasteiger partial charge on any atom is -0.390 e. The van der Waals surface area contributed by atoms with Crippen molar-refractivity contribution in [2.24, 2.45) is 10.9 Å². The lowest BCUT2D eigenvalue weighted by atomic mass is 10.3. The SMILES string of the molecule is N=C/N=C(/Br)NC/C(C=N)=C/NCC1CC1. The van der Waals surface area contributed by atoms with Crippen LogP contribution in [0.5, 0.6) is 0 Å². The summed E-state index contributed by atoms with van der Waals surface area (Å²) in [6.45, 7) is 1.51. The standard InChI is InChI=1S/C10H16BrN5/c11-10(16-7-13)15-6-9(3-12)5-14-4-8-1-2-8/h3,5,7-8,12,14H,1-2,4,6H2,(H2,13,15,16)/b9-5+,12-3?. The molecule has 0 heterocycles. The van der Waals surface area contributed by atoms with Gasteiger partial charge in [0.15, 0.2) is 4.74 Å². The summed E-state index contributed by atoms with van der Waals surface area (Å²) in [7, 11) is 0. The quantitative estimate of drug-likeness (QED) is 0.324. The highest BCUT2D eigenvalue weighted by molar-refractivity contribution is 9.18. The predicted octanol–water partition coefficient (Wildman–Crippen LogP) is 1.47. The van der Waals surface area contributed by atoms with Crippen LogP contribution in [0, 0.1) is 16.7 Å². The lowest BCUT2D eigenvalue weighted by Crippen LogP contribution is -2.22. The fourth-order valence-corrected chi connectivity index (χ4v) is 1.34. The molecule has 0 aromatic carbocycles. The molecule has 1 saturated carbocycles. The van der Waals surface area contributed by atoms with E-state index >= 15 is 0 Å². The number of amidine groups is 1. The van der Waals surface area contributed by atoms with Gasteiger partial charge in [-0.1, -0.05) is 0 Å². The van der Waals surface area contributed by atoms with Crippen molar-refractivity contribution in [2.75, 3.05) is 13.1 Å². The van der Waals surface area contributed by atoms with Gasteiger partial charge >= 0.3 is 0 Å². The van der Waals surface area contributed by atoms with E-state index in [2.05, 4.69) is 31.6 Å². The van der Waals surface area contributed by atoms with E-state index in [1.165, 1.54) is 19.1 Å². The highest BCUT2D eigenvalue weighted by Gasteiger charge is 2.19. The third kappa shape index (κ3) is 5.65. The van der Waals surface area contributed by atoms with Crippen molar-refractivity contribution in [3.8, 4) is 0 Å². The van der Waals surface area contributed by atoms with Gasteiger partial charge in [0.1, 0.15) is 6.34 Å². The Morgan fingerprint density at radius 1 is 1.44 bits per heavy atom. The van der Waals surface area contributed by atoms with E-state index in [1.807, 2.05) is 6.20 Å². The molecule has 0 bridgehead atoms. The molecular weight excluding hydrogens is 270 g/mol. The second-order valence-electron chi connectivity index (χ2n) is 3.62. The van der Waals surface area contributed by atoms with E-state index in [1.54, 1.807) is 0 Å². The van der Waals surface area contributed by atoms with Crippen LogP contribution in [-0.4, -0.2) is 30.4 Å². The molecular formula is C10H16BrN5. The first-order valence-electron chi connectivity index (χ1n) is 5.15. The number of nitrogens with zero attached hydrogens (tertiary/aromatic N) is 1. The first kappa shape index (κ1) is 12.9. The van der Waals surface area contributed by atoms with Gasteiger partial charge in [0, 0.05) is 31.1 Å². The second kappa shape index (κ2) is 7.16. The minimum absolute atomic E-state index is 0.498. The molecule has 1 rings (SSSR count). The highest BCUT2D eigenvalue weighted by atomic mass is 79.9. The van der Waals surface area contributed by atoms with Crippen LogP contribution in [0.1, 0.15) is 12.8 Å². The van der Waals surface area contributed by atoms with Crippen molar-refractivity contribution < 1.29 is 0 Å². The molecule has 0 atom stereocenters. The summed E-state index contributed by atoms with van der Waals surface area (Å²) in [5.41, 5.74) is 0.845. The van der Waals surface area contributed by atoms with Crippen LogP contribution in [0.15, 0.2) is 16.8 Å². The molecule has 0 amide bonds. The molecule has 0 aromatic rings. The van der Waals surface area contributed by atoms with Crippen molar-refractivity contribution in [2.45, 2.75) is 12.8 Å². The Bertz CT molecular complexity index is 306. The smallest absolute Gasteiger partial charge is 0.172 e. The normalized spacial score (nSPS) is 16.8. The molecule has 1 aliphatic carbocycles. The van der Waals surface area contributed by atoms with Crippen LogP contribution >= 0.6 is 15.9 Å². The first-order chi connectivity index (χ1) is 7.76. The topological polar surface area (TPSA) is 84.1 Å². The average molecular weight is 286 g/mol. The van der Waals surface area contributed by atoms with Crippen molar-refractivity contribution in [1.29, 1.82) is 10.8 Å². The molecule has 0 spiro atoms. The Labute approximate surface area is 104 Å². The van der Waals surface area contributed by atoms with E-state index in [0.717, 1.165) is 24.4 Å². The molecule has 16 heavy (non-hydrogen) atoms. The van der Waals surface area contributed by atoms with Gasteiger partial charge in [-0.15, -0.1) is 0 Å². The van der Waals surface area contributed by atoms with E-state index in [-0.39, 0.29) is 0 Å². The van der Waals surface area contributed by atoms with E-state index < -0.39 is 0 Å². The zero-order chi connectivity index (χ0) is 11.8. The molecule has 5 nitrogen and oxygen atoms in total. The fraction of sp³-hybridized carbons (Fsp3) is 0.500. The summed E-state index contributed by atoms with van der Waals surface area (Å²) in [6, 6.07) is 0. The molecule has 0 aromatic heterocycles. The van der Waals surface area contributed by atoms with Gasteiger partial charge in [-0.2, -0.15) is 0 Å². The van der Waals surface area contributed by atoms with Gasteiger partial charge in [-0.05, 0) is 34.7 Å². The number of hydrogen-bond acceptors (Lipinski definition) is 3. The van der Waals surface area contributed by atoms with E-state index in [9.17, 15) is 0 Å². The Balaban J connectivity index is 2.26. The monoisotopic (exact) mass is 285 g/mol. The average Bonchev–Trinajstić information content (AvgIpc) is 3.07. The van der Waals surface area contributed by atoms with Gasteiger partial charge in [0.2, 0.25) is 0 Å². The summed E-state index contributed by atoms with van der Waals surface area (Å²) in [5.74, 6) is 0.822. The largest absolute Gasteiger partial charge is 0.390 e. The van der Waals surface area contributed by atoms with Gasteiger partial charge in [-0.25, -0.2) is 4.99 Å². The summed E-state index contributed by atoms with van der Waals surface area (Å²) in [4.78, 5) is 3.69. The maximum atomic E-state index is 7.23. The maximum Gasteiger partial charge on any atom is 0.172 e. The third-order valence-corrected chi connectivity index (χ3v) is 2.68. The van der Waals surface area contributed by atoms with E-state index in [0.29, 0.717) is 11.3 Å². The predicted molar refractivity (Wildman–Crippen MR) is 70.7 cm³/mol. The third-order valence-electron chi connectivity index (χ3n) is 2.19. The van der Waals surface area contributed by atoms with Crippen LogP contribution in [-0.2, 0) is 0 Å². The van der Waals surface area contributed by atoms with Crippen molar-refractivity contribution in [3.63, 3.8) is 0 Å². The zero-order valence-corrected chi connectivity index (χ0v) is 10.5. The number of halogens is 1. The molecule has 0 saturated heterocycles. The Hall–Kier alpha value is -1.17. The van der Waals surface area contributed by atoms with Gasteiger partial charge < -0.3 is 16.0 Å². The molecule has 0 radical (unpaired) electrons. The summed E-state index contributed by atoms with van der Waals surface area (Å²) in [5, 5.41) is 20.2.